The number of nitrogens with zero attached hydrogens (tertiary/aromatic N) is 4. The number of carbonyl (C=O) groups is 2. The van der Waals surface area contributed by atoms with E-state index in [-0.39, 0.29) is 36.0 Å². The molecule has 33 heavy (non-hydrogen) atoms. The molecule has 0 radical (unpaired) electrons. The Hall–Kier alpha value is -3.75. The molecule has 0 aromatic carbocycles. The number of fused-ring (bicyclic) bond motifs is 2. The van der Waals surface area contributed by atoms with Crippen LogP contribution in [0.25, 0.3) is 0 Å². The molecule has 1 atom stereocenters. The SMILES string of the molecule is Cn1cc2c(n1)[C@H](C(=O)NCc1ccccn1)CN(C(=O)c1cc3c([nH]c1=O)CCCC3)C2. The number of nitrogens with one attached hydrogen (secondary N) is 2. The summed E-state index contributed by atoms with van der Waals surface area (Å²) in [6.07, 6.45) is 7.29. The summed E-state index contributed by atoms with van der Waals surface area (Å²) >= 11 is 0. The Balaban J connectivity index is 1.40. The van der Waals surface area contributed by atoms with Crippen molar-refractivity contribution in [2.45, 2.75) is 44.7 Å². The van der Waals surface area contributed by atoms with E-state index in [1.165, 1.54) is 0 Å². The van der Waals surface area contributed by atoms with Gasteiger partial charge in [-0.1, -0.05) is 6.07 Å². The summed E-state index contributed by atoms with van der Waals surface area (Å²) in [5, 5.41) is 7.40. The van der Waals surface area contributed by atoms with Crippen LogP contribution in [-0.4, -0.2) is 43.0 Å². The zero-order chi connectivity index (χ0) is 22.9. The third-order valence-electron chi connectivity index (χ3n) is 6.37. The average molecular weight is 447 g/mol. The van der Waals surface area contributed by atoms with Gasteiger partial charge in [-0.3, -0.25) is 24.0 Å². The summed E-state index contributed by atoms with van der Waals surface area (Å²) in [6, 6.07) is 7.26. The van der Waals surface area contributed by atoms with Crippen molar-refractivity contribution in [2.75, 3.05) is 6.54 Å². The molecule has 1 aliphatic carbocycles. The zero-order valence-corrected chi connectivity index (χ0v) is 18.5. The fourth-order valence-corrected chi connectivity index (χ4v) is 4.72. The number of rotatable bonds is 4. The molecule has 1 aliphatic heterocycles. The van der Waals surface area contributed by atoms with Crippen LogP contribution in [-0.2, 0) is 37.8 Å². The van der Waals surface area contributed by atoms with Crippen molar-refractivity contribution in [3.8, 4) is 0 Å². The van der Waals surface area contributed by atoms with Gasteiger partial charge in [-0.25, -0.2) is 0 Å². The normalized spacial score (nSPS) is 17.2. The lowest BCUT2D eigenvalue weighted by atomic mass is 9.93. The molecule has 9 nitrogen and oxygen atoms in total. The number of amides is 2. The van der Waals surface area contributed by atoms with Gasteiger partial charge in [0.25, 0.3) is 11.5 Å². The van der Waals surface area contributed by atoms with E-state index >= 15 is 0 Å². The van der Waals surface area contributed by atoms with E-state index in [0.29, 0.717) is 12.2 Å². The molecule has 0 fully saturated rings. The summed E-state index contributed by atoms with van der Waals surface area (Å²) in [5.74, 6) is -1.21. The molecule has 3 aromatic rings. The first-order valence-corrected chi connectivity index (χ1v) is 11.2. The third-order valence-corrected chi connectivity index (χ3v) is 6.37. The van der Waals surface area contributed by atoms with Crippen LogP contribution in [0.1, 0.15) is 57.3 Å². The Morgan fingerprint density at radius 1 is 1.21 bits per heavy atom. The minimum atomic E-state index is -0.626. The predicted molar refractivity (Wildman–Crippen MR) is 120 cm³/mol. The Morgan fingerprint density at radius 3 is 2.88 bits per heavy atom. The van der Waals surface area contributed by atoms with Gasteiger partial charge in [0.05, 0.1) is 23.9 Å². The molecule has 0 bridgehead atoms. The third kappa shape index (κ3) is 4.18. The number of aromatic amines is 1. The van der Waals surface area contributed by atoms with Gasteiger partial charge in [0.2, 0.25) is 5.91 Å². The van der Waals surface area contributed by atoms with Crippen molar-refractivity contribution in [1.82, 2.24) is 30.0 Å². The molecule has 2 N–H and O–H groups in total. The van der Waals surface area contributed by atoms with Crippen molar-refractivity contribution < 1.29 is 9.59 Å². The lowest BCUT2D eigenvalue weighted by Crippen LogP contribution is -2.45. The van der Waals surface area contributed by atoms with E-state index in [1.54, 1.807) is 28.9 Å². The molecular weight excluding hydrogens is 420 g/mol. The number of carbonyl (C=O) groups excluding carboxylic acids is 2. The van der Waals surface area contributed by atoms with Crippen LogP contribution in [0.5, 0.6) is 0 Å². The van der Waals surface area contributed by atoms with Crippen molar-refractivity contribution in [3.63, 3.8) is 0 Å². The van der Waals surface area contributed by atoms with Gasteiger partial charge < -0.3 is 15.2 Å². The fourth-order valence-electron chi connectivity index (χ4n) is 4.72. The highest BCUT2D eigenvalue weighted by Crippen LogP contribution is 2.28. The lowest BCUT2D eigenvalue weighted by Gasteiger charge is -2.31. The Morgan fingerprint density at radius 2 is 2.06 bits per heavy atom. The lowest BCUT2D eigenvalue weighted by molar-refractivity contribution is -0.123. The average Bonchev–Trinajstić information content (AvgIpc) is 3.21. The molecule has 5 rings (SSSR count). The highest BCUT2D eigenvalue weighted by Gasteiger charge is 2.36. The summed E-state index contributed by atoms with van der Waals surface area (Å²) < 4.78 is 1.66. The first-order chi connectivity index (χ1) is 16.0. The Kier molecular flexibility index (Phi) is 5.53. The summed E-state index contributed by atoms with van der Waals surface area (Å²) in [7, 11) is 1.79. The molecule has 0 unspecified atom stereocenters. The topological polar surface area (TPSA) is 113 Å². The standard InChI is InChI=1S/C24H26N6O3/c1-29-12-16-13-30(24(33)18-10-15-6-2-3-8-20(15)27-23(18)32)14-19(21(16)28-29)22(31)26-11-17-7-4-5-9-25-17/h4-5,7,9-10,12,19H,2-3,6,8,11,13-14H2,1H3,(H,26,31)(H,27,32)/t19-/m1/s1. The maximum atomic E-state index is 13.4. The second-order valence-electron chi connectivity index (χ2n) is 8.71. The first kappa shape index (κ1) is 21.1. The van der Waals surface area contributed by atoms with E-state index in [1.807, 2.05) is 24.4 Å². The van der Waals surface area contributed by atoms with Crippen LogP contribution in [0, 0.1) is 0 Å². The Labute approximate surface area is 190 Å². The second kappa shape index (κ2) is 8.65. The van der Waals surface area contributed by atoms with Crippen molar-refractivity contribution >= 4 is 11.8 Å². The number of pyridine rings is 2. The number of hydrogen-bond donors (Lipinski definition) is 2. The number of aromatic nitrogens is 4. The van der Waals surface area contributed by atoms with Crippen LogP contribution in [0.4, 0.5) is 0 Å². The van der Waals surface area contributed by atoms with Crippen LogP contribution < -0.4 is 10.9 Å². The van der Waals surface area contributed by atoms with E-state index in [4.69, 9.17) is 0 Å². The van der Waals surface area contributed by atoms with Gasteiger partial charge in [-0.15, -0.1) is 0 Å². The predicted octanol–water partition coefficient (Wildman–Crippen LogP) is 1.44. The van der Waals surface area contributed by atoms with E-state index in [2.05, 4.69) is 20.4 Å². The highest BCUT2D eigenvalue weighted by molar-refractivity contribution is 5.95. The van der Waals surface area contributed by atoms with Gasteiger partial charge in [-0.2, -0.15) is 5.10 Å². The fraction of sp³-hybridized carbons (Fsp3) is 0.375. The molecule has 0 spiro atoms. The molecule has 0 saturated carbocycles. The first-order valence-electron chi connectivity index (χ1n) is 11.2. The molecule has 170 valence electrons. The van der Waals surface area contributed by atoms with Gasteiger partial charge in [0.15, 0.2) is 0 Å². The maximum absolute atomic E-state index is 13.4. The molecule has 4 heterocycles. The molecule has 2 aliphatic rings. The molecule has 0 saturated heterocycles. The summed E-state index contributed by atoms with van der Waals surface area (Å²) in [4.78, 5) is 47.9. The van der Waals surface area contributed by atoms with Crippen LogP contribution in [0.2, 0.25) is 0 Å². The maximum Gasteiger partial charge on any atom is 0.261 e. The van der Waals surface area contributed by atoms with Crippen molar-refractivity contribution in [3.05, 3.63) is 80.8 Å². The molecular formula is C24H26N6O3. The van der Waals surface area contributed by atoms with Gasteiger partial charge in [0, 0.05) is 43.8 Å². The number of hydrogen-bond acceptors (Lipinski definition) is 5. The van der Waals surface area contributed by atoms with Crippen molar-refractivity contribution in [1.29, 1.82) is 0 Å². The van der Waals surface area contributed by atoms with Crippen LogP contribution >= 0.6 is 0 Å². The minimum Gasteiger partial charge on any atom is -0.350 e. The van der Waals surface area contributed by atoms with Gasteiger partial charge in [0.1, 0.15) is 5.56 Å². The summed E-state index contributed by atoms with van der Waals surface area (Å²) in [5.41, 5.74) is 3.96. The zero-order valence-electron chi connectivity index (χ0n) is 18.5. The Bertz CT molecular complexity index is 1260. The molecule has 2 amide bonds. The smallest absolute Gasteiger partial charge is 0.261 e. The monoisotopic (exact) mass is 446 g/mol. The van der Waals surface area contributed by atoms with E-state index in [9.17, 15) is 14.4 Å². The largest absolute Gasteiger partial charge is 0.350 e. The van der Waals surface area contributed by atoms with Crippen LogP contribution in [0.3, 0.4) is 0 Å². The van der Waals surface area contributed by atoms with Crippen molar-refractivity contribution in [2.24, 2.45) is 7.05 Å². The highest BCUT2D eigenvalue weighted by atomic mass is 16.2. The number of H-pyrrole nitrogens is 1. The van der Waals surface area contributed by atoms with E-state index < -0.39 is 5.92 Å². The van der Waals surface area contributed by atoms with Crippen LogP contribution in [0.15, 0.2) is 41.5 Å². The minimum absolute atomic E-state index is 0.135. The van der Waals surface area contributed by atoms with E-state index in [0.717, 1.165) is 48.2 Å². The van der Waals surface area contributed by atoms with Gasteiger partial charge >= 0.3 is 0 Å². The molecule has 9 heteroatoms. The quantitative estimate of drug-likeness (QED) is 0.630. The second-order valence-corrected chi connectivity index (χ2v) is 8.71. The van der Waals surface area contributed by atoms with Gasteiger partial charge in [-0.05, 0) is 49.4 Å². The molecule has 3 aromatic heterocycles. The number of aryl methyl sites for hydroxylation is 3. The summed E-state index contributed by atoms with van der Waals surface area (Å²) in [6.45, 7) is 0.757.